The Labute approximate surface area is 145 Å². The Balaban J connectivity index is 1.63. The van der Waals surface area contributed by atoms with Gasteiger partial charge in [-0.3, -0.25) is 14.1 Å². The predicted molar refractivity (Wildman–Crippen MR) is 95.4 cm³/mol. The molecule has 0 N–H and O–H groups in total. The molecular weight excluding hydrogens is 322 g/mol. The molecule has 0 unspecified atom stereocenters. The standard InChI is InChI=1S/C19H18ClN3O/c1-22(17-8-6-13-4-2-3-5-16(13)17)12-15-10-19(24)23-11-14(20)7-9-18(23)21-15/h2-5,7,9-11,17H,6,8,12H2,1H3/t17-/m1/s1. The normalized spacial score (nSPS) is 16.7. The third-order valence-electron chi connectivity index (χ3n) is 4.72. The fourth-order valence-electron chi connectivity index (χ4n) is 3.57. The van der Waals surface area contributed by atoms with Gasteiger partial charge in [-0.25, -0.2) is 4.98 Å². The molecule has 0 amide bonds. The first-order valence-corrected chi connectivity index (χ1v) is 8.45. The molecular formula is C19H18ClN3O. The molecule has 0 aliphatic heterocycles. The van der Waals surface area contributed by atoms with Crippen LogP contribution in [0.2, 0.25) is 5.02 Å². The van der Waals surface area contributed by atoms with Crippen molar-refractivity contribution >= 4 is 17.2 Å². The number of nitrogens with zero attached hydrogens (tertiary/aromatic N) is 3. The fraction of sp³-hybridized carbons (Fsp3) is 0.263. The van der Waals surface area contributed by atoms with Crippen molar-refractivity contribution in [2.45, 2.75) is 25.4 Å². The van der Waals surface area contributed by atoms with E-state index in [9.17, 15) is 4.79 Å². The summed E-state index contributed by atoms with van der Waals surface area (Å²) in [5.74, 6) is 0. The van der Waals surface area contributed by atoms with Gasteiger partial charge in [-0.05, 0) is 43.1 Å². The quantitative estimate of drug-likeness (QED) is 0.733. The number of hydrogen-bond acceptors (Lipinski definition) is 3. The second-order valence-electron chi connectivity index (χ2n) is 6.33. The highest BCUT2D eigenvalue weighted by Crippen LogP contribution is 2.35. The first-order valence-electron chi connectivity index (χ1n) is 8.08. The van der Waals surface area contributed by atoms with Gasteiger partial charge in [-0.2, -0.15) is 0 Å². The van der Waals surface area contributed by atoms with Crippen molar-refractivity contribution in [3.05, 3.63) is 80.9 Å². The average Bonchev–Trinajstić information content (AvgIpc) is 3.00. The van der Waals surface area contributed by atoms with Crippen LogP contribution < -0.4 is 5.56 Å². The van der Waals surface area contributed by atoms with Crippen LogP contribution in [0.3, 0.4) is 0 Å². The van der Waals surface area contributed by atoms with Crippen LogP contribution in [0.25, 0.3) is 5.65 Å². The van der Waals surface area contributed by atoms with Crippen LogP contribution in [-0.4, -0.2) is 21.3 Å². The van der Waals surface area contributed by atoms with E-state index in [1.54, 1.807) is 24.4 Å². The summed E-state index contributed by atoms with van der Waals surface area (Å²) in [4.78, 5) is 19.2. The van der Waals surface area contributed by atoms with Gasteiger partial charge in [0.05, 0.1) is 10.7 Å². The van der Waals surface area contributed by atoms with E-state index in [4.69, 9.17) is 11.6 Å². The Bertz CT molecular complexity index is 966. The van der Waals surface area contributed by atoms with Crippen LogP contribution in [-0.2, 0) is 13.0 Å². The molecule has 24 heavy (non-hydrogen) atoms. The van der Waals surface area contributed by atoms with E-state index in [0.717, 1.165) is 18.5 Å². The summed E-state index contributed by atoms with van der Waals surface area (Å²) in [5, 5.41) is 0.527. The van der Waals surface area contributed by atoms with Crippen LogP contribution in [0.4, 0.5) is 0 Å². The molecule has 2 aromatic heterocycles. The van der Waals surface area contributed by atoms with Gasteiger partial charge in [-0.1, -0.05) is 35.9 Å². The maximum atomic E-state index is 12.3. The number of aryl methyl sites for hydroxylation is 1. The molecule has 122 valence electrons. The van der Waals surface area contributed by atoms with E-state index in [1.807, 2.05) is 0 Å². The van der Waals surface area contributed by atoms with Gasteiger partial charge in [0.15, 0.2) is 0 Å². The maximum Gasteiger partial charge on any atom is 0.258 e. The zero-order chi connectivity index (χ0) is 16.7. The van der Waals surface area contributed by atoms with Gasteiger partial charge in [0.1, 0.15) is 5.65 Å². The van der Waals surface area contributed by atoms with Crippen LogP contribution in [0.15, 0.2) is 53.5 Å². The van der Waals surface area contributed by atoms with Gasteiger partial charge in [-0.15, -0.1) is 0 Å². The van der Waals surface area contributed by atoms with Gasteiger partial charge in [0.2, 0.25) is 0 Å². The Morgan fingerprint density at radius 3 is 3.00 bits per heavy atom. The number of rotatable bonds is 3. The number of aromatic nitrogens is 2. The lowest BCUT2D eigenvalue weighted by Gasteiger charge is -2.24. The molecule has 0 saturated heterocycles. The Kier molecular flexibility index (Phi) is 3.87. The lowest BCUT2D eigenvalue weighted by molar-refractivity contribution is 0.233. The molecule has 0 radical (unpaired) electrons. The van der Waals surface area contributed by atoms with Gasteiger partial charge >= 0.3 is 0 Å². The zero-order valence-electron chi connectivity index (χ0n) is 13.4. The van der Waals surface area contributed by atoms with Crippen LogP contribution in [0, 0.1) is 0 Å². The molecule has 1 atom stereocenters. The third kappa shape index (κ3) is 2.72. The van der Waals surface area contributed by atoms with Crippen molar-refractivity contribution in [1.29, 1.82) is 0 Å². The van der Waals surface area contributed by atoms with Crippen molar-refractivity contribution in [1.82, 2.24) is 14.3 Å². The minimum Gasteiger partial charge on any atom is -0.294 e. The van der Waals surface area contributed by atoms with E-state index >= 15 is 0 Å². The number of benzene rings is 1. The van der Waals surface area contributed by atoms with Crippen LogP contribution in [0.1, 0.15) is 29.3 Å². The van der Waals surface area contributed by atoms with E-state index in [2.05, 4.69) is 41.2 Å². The Hall–Kier alpha value is -2.17. The van der Waals surface area contributed by atoms with Gasteiger partial charge in [0.25, 0.3) is 5.56 Å². The van der Waals surface area contributed by atoms with Crippen molar-refractivity contribution in [2.24, 2.45) is 0 Å². The minimum atomic E-state index is -0.0993. The minimum absolute atomic E-state index is 0.0993. The second kappa shape index (κ2) is 6.04. The van der Waals surface area contributed by atoms with Crippen molar-refractivity contribution in [3.8, 4) is 0 Å². The molecule has 0 bridgehead atoms. The molecule has 0 saturated carbocycles. The van der Waals surface area contributed by atoms with Crippen molar-refractivity contribution < 1.29 is 0 Å². The summed E-state index contributed by atoms with van der Waals surface area (Å²) in [6.07, 6.45) is 3.82. The lowest BCUT2D eigenvalue weighted by atomic mass is 10.1. The largest absolute Gasteiger partial charge is 0.294 e. The molecule has 4 rings (SSSR count). The number of pyridine rings is 1. The molecule has 4 nitrogen and oxygen atoms in total. The summed E-state index contributed by atoms with van der Waals surface area (Å²) in [6.45, 7) is 0.646. The molecule has 0 fully saturated rings. The van der Waals surface area contributed by atoms with Crippen molar-refractivity contribution in [2.75, 3.05) is 7.05 Å². The summed E-state index contributed by atoms with van der Waals surface area (Å²) in [5.41, 5.74) is 4.13. The van der Waals surface area contributed by atoms with Crippen molar-refractivity contribution in [3.63, 3.8) is 0 Å². The first-order chi connectivity index (χ1) is 11.6. The fourth-order valence-corrected chi connectivity index (χ4v) is 3.73. The summed E-state index contributed by atoms with van der Waals surface area (Å²) in [6, 6.07) is 14.1. The highest BCUT2D eigenvalue weighted by molar-refractivity contribution is 6.30. The molecule has 1 aliphatic carbocycles. The number of hydrogen-bond donors (Lipinski definition) is 0. The Morgan fingerprint density at radius 1 is 1.29 bits per heavy atom. The zero-order valence-corrected chi connectivity index (χ0v) is 14.2. The molecule has 1 aromatic carbocycles. The van der Waals surface area contributed by atoms with E-state index in [-0.39, 0.29) is 5.56 Å². The van der Waals surface area contributed by atoms with Gasteiger partial charge < -0.3 is 0 Å². The smallest absolute Gasteiger partial charge is 0.258 e. The molecule has 1 aliphatic rings. The highest BCUT2D eigenvalue weighted by Gasteiger charge is 2.25. The van der Waals surface area contributed by atoms with E-state index < -0.39 is 0 Å². The molecule has 0 spiro atoms. The Morgan fingerprint density at radius 2 is 2.12 bits per heavy atom. The number of halogens is 1. The average molecular weight is 340 g/mol. The maximum absolute atomic E-state index is 12.3. The summed E-state index contributed by atoms with van der Waals surface area (Å²) < 4.78 is 1.48. The molecule has 2 heterocycles. The van der Waals surface area contributed by atoms with E-state index in [1.165, 1.54) is 15.5 Å². The topological polar surface area (TPSA) is 37.6 Å². The number of fused-ring (bicyclic) bond motifs is 2. The summed E-state index contributed by atoms with van der Waals surface area (Å²) >= 11 is 5.95. The molecule has 3 aromatic rings. The monoisotopic (exact) mass is 339 g/mol. The lowest BCUT2D eigenvalue weighted by Crippen LogP contribution is -2.25. The van der Waals surface area contributed by atoms with E-state index in [0.29, 0.717) is 23.3 Å². The molecule has 5 heteroatoms. The summed E-state index contributed by atoms with van der Waals surface area (Å²) in [7, 11) is 2.10. The van der Waals surface area contributed by atoms with Crippen LogP contribution >= 0.6 is 11.6 Å². The SMILES string of the molecule is CN(Cc1cc(=O)n2cc(Cl)ccc2n1)[C@@H]1CCc2ccccc21. The highest BCUT2D eigenvalue weighted by atomic mass is 35.5. The second-order valence-corrected chi connectivity index (χ2v) is 6.77. The first kappa shape index (κ1) is 15.4. The van der Waals surface area contributed by atoms with Crippen LogP contribution in [0.5, 0.6) is 0 Å². The third-order valence-corrected chi connectivity index (χ3v) is 4.94. The predicted octanol–water partition coefficient (Wildman–Crippen LogP) is 3.47. The van der Waals surface area contributed by atoms with Gasteiger partial charge in [0, 0.05) is 24.8 Å².